The van der Waals surface area contributed by atoms with Crippen LogP contribution in [0.2, 0.25) is 0 Å². The van der Waals surface area contributed by atoms with Crippen molar-refractivity contribution < 1.29 is 9.53 Å². The number of rotatable bonds is 7. The van der Waals surface area contributed by atoms with Crippen LogP contribution in [0.4, 0.5) is 11.4 Å². The largest absolute Gasteiger partial charge is 0.373 e. The van der Waals surface area contributed by atoms with Crippen molar-refractivity contribution in [3.63, 3.8) is 0 Å². The highest BCUT2D eigenvalue weighted by molar-refractivity contribution is 5.96. The van der Waals surface area contributed by atoms with Crippen LogP contribution in [0.25, 0.3) is 11.1 Å². The average molecular weight is 389 g/mol. The summed E-state index contributed by atoms with van der Waals surface area (Å²) in [4.78, 5) is 17.0. The van der Waals surface area contributed by atoms with Crippen molar-refractivity contribution in [2.45, 2.75) is 32.4 Å². The molecule has 29 heavy (non-hydrogen) atoms. The molecule has 0 aliphatic heterocycles. The van der Waals surface area contributed by atoms with Gasteiger partial charge in [-0.15, -0.1) is 0 Å². The molecule has 0 aliphatic carbocycles. The van der Waals surface area contributed by atoms with Gasteiger partial charge in [0.25, 0.3) is 0 Å². The Bertz CT molecular complexity index is 904. The van der Waals surface area contributed by atoms with Gasteiger partial charge in [-0.2, -0.15) is 0 Å². The second-order valence-corrected chi connectivity index (χ2v) is 7.79. The molecule has 3 aromatic rings. The number of nitrogens with one attached hydrogen (secondary N) is 2. The van der Waals surface area contributed by atoms with Crippen molar-refractivity contribution in [3.8, 4) is 11.1 Å². The van der Waals surface area contributed by atoms with Crippen LogP contribution in [-0.2, 0) is 9.53 Å². The number of ether oxygens (including phenoxy) is 1. The molecule has 0 radical (unpaired) electrons. The zero-order chi connectivity index (χ0) is 20.7. The summed E-state index contributed by atoms with van der Waals surface area (Å²) in [5.41, 5.74) is 3.44. The highest BCUT2D eigenvalue weighted by Crippen LogP contribution is 2.21. The number of aromatic nitrogens is 1. The van der Waals surface area contributed by atoms with E-state index in [9.17, 15) is 4.79 Å². The van der Waals surface area contributed by atoms with Gasteiger partial charge in [0.05, 0.1) is 12.2 Å². The minimum absolute atomic E-state index is 0.144. The van der Waals surface area contributed by atoms with E-state index in [1.54, 1.807) is 12.4 Å². The lowest BCUT2D eigenvalue weighted by molar-refractivity contribution is -0.119. The van der Waals surface area contributed by atoms with Crippen LogP contribution >= 0.6 is 0 Å². The third-order valence-corrected chi connectivity index (χ3v) is 4.28. The number of anilines is 2. The molecule has 1 amide bonds. The molecule has 150 valence electrons. The van der Waals surface area contributed by atoms with Crippen LogP contribution < -0.4 is 10.6 Å². The predicted molar refractivity (Wildman–Crippen MR) is 118 cm³/mol. The number of hydrogen-bond donors (Lipinski definition) is 2. The number of pyridine rings is 1. The van der Waals surface area contributed by atoms with E-state index in [-0.39, 0.29) is 18.1 Å². The van der Waals surface area contributed by atoms with E-state index in [1.807, 2.05) is 87.5 Å². The highest BCUT2D eigenvalue weighted by Gasteiger charge is 2.22. The number of para-hydroxylation sites is 1. The van der Waals surface area contributed by atoms with E-state index < -0.39 is 6.04 Å². The Morgan fingerprint density at radius 2 is 1.52 bits per heavy atom. The summed E-state index contributed by atoms with van der Waals surface area (Å²) in [6.45, 7) is 6.19. The van der Waals surface area contributed by atoms with Crippen molar-refractivity contribution in [3.05, 3.63) is 79.1 Å². The molecule has 1 atom stereocenters. The van der Waals surface area contributed by atoms with Crippen LogP contribution in [0.3, 0.4) is 0 Å². The number of carbonyl (C=O) groups excluding carboxylic acids is 1. The minimum Gasteiger partial charge on any atom is -0.373 e. The summed E-state index contributed by atoms with van der Waals surface area (Å²) in [7, 11) is 0. The lowest BCUT2D eigenvalue weighted by atomic mass is 10.1. The molecular weight excluding hydrogens is 362 g/mol. The van der Waals surface area contributed by atoms with Gasteiger partial charge in [-0.1, -0.05) is 30.3 Å². The molecular formula is C24H27N3O2. The summed E-state index contributed by atoms with van der Waals surface area (Å²) in [5, 5.41) is 6.25. The second-order valence-electron chi connectivity index (χ2n) is 7.79. The van der Waals surface area contributed by atoms with Crippen molar-refractivity contribution in [2.75, 3.05) is 17.2 Å². The van der Waals surface area contributed by atoms with Gasteiger partial charge in [0.15, 0.2) is 0 Å². The molecule has 1 aromatic heterocycles. The molecule has 0 fully saturated rings. The smallest absolute Gasteiger partial charge is 0.249 e. The van der Waals surface area contributed by atoms with E-state index in [1.165, 1.54) is 0 Å². The standard InChI is InChI=1S/C24H27N3O2/c1-24(2,3)29-17-22(26-20-7-5-4-6-8-20)23(28)27-21-11-9-18(10-12-21)19-13-15-25-16-14-19/h4-16,22,26H,17H2,1-3H3,(H,27,28)/t22-/m0/s1. The monoisotopic (exact) mass is 389 g/mol. The molecule has 0 bridgehead atoms. The molecule has 5 heteroatoms. The summed E-state index contributed by atoms with van der Waals surface area (Å²) in [6.07, 6.45) is 3.53. The van der Waals surface area contributed by atoms with Gasteiger partial charge in [-0.05, 0) is 68.3 Å². The Morgan fingerprint density at radius 1 is 0.897 bits per heavy atom. The van der Waals surface area contributed by atoms with Gasteiger partial charge in [0.2, 0.25) is 5.91 Å². The number of amides is 1. The average Bonchev–Trinajstić information content (AvgIpc) is 2.72. The maximum absolute atomic E-state index is 12.9. The molecule has 0 unspecified atom stereocenters. The van der Waals surface area contributed by atoms with Crippen LogP contribution in [0.5, 0.6) is 0 Å². The first kappa shape index (κ1) is 20.6. The Labute approximate surface area is 172 Å². The van der Waals surface area contributed by atoms with Crippen molar-refractivity contribution in [2.24, 2.45) is 0 Å². The Morgan fingerprint density at radius 3 is 2.14 bits per heavy atom. The molecule has 1 heterocycles. The van der Waals surface area contributed by atoms with Gasteiger partial charge in [-0.3, -0.25) is 9.78 Å². The maximum Gasteiger partial charge on any atom is 0.249 e. The topological polar surface area (TPSA) is 63.2 Å². The molecule has 3 rings (SSSR count). The quantitative estimate of drug-likeness (QED) is 0.598. The van der Waals surface area contributed by atoms with Crippen molar-refractivity contribution in [1.82, 2.24) is 4.98 Å². The van der Waals surface area contributed by atoms with Gasteiger partial charge in [0.1, 0.15) is 6.04 Å². The third-order valence-electron chi connectivity index (χ3n) is 4.28. The molecule has 0 aliphatic rings. The minimum atomic E-state index is -0.517. The second kappa shape index (κ2) is 9.34. The lowest BCUT2D eigenvalue weighted by Crippen LogP contribution is -2.40. The molecule has 0 saturated carbocycles. The highest BCUT2D eigenvalue weighted by atomic mass is 16.5. The summed E-state index contributed by atoms with van der Waals surface area (Å²) >= 11 is 0. The number of carbonyl (C=O) groups is 1. The summed E-state index contributed by atoms with van der Waals surface area (Å²) < 4.78 is 5.87. The van der Waals surface area contributed by atoms with Gasteiger partial charge in [0, 0.05) is 23.8 Å². The fourth-order valence-corrected chi connectivity index (χ4v) is 2.77. The maximum atomic E-state index is 12.9. The van der Waals surface area contributed by atoms with Gasteiger partial charge in [-0.25, -0.2) is 0 Å². The zero-order valence-electron chi connectivity index (χ0n) is 17.1. The predicted octanol–water partition coefficient (Wildman–Crippen LogP) is 4.98. The first-order valence-electron chi connectivity index (χ1n) is 9.67. The van der Waals surface area contributed by atoms with Crippen LogP contribution in [-0.4, -0.2) is 29.1 Å². The number of benzene rings is 2. The lowest BCUT2D eigenvalue weighted by Gasteiger charge is -2.25. The molecule has 0 spiro atoms. The molecule has 0 saturated heterocycles. The van der Waals surface area contributed by atoms with Crippen LogP contribution in [0, 0.1) is 0 Å². The van der Waals surface area contributed by atoms with E-state index in [0.717, 1.165) is 22.5 Å². The van der Waals surface area contributed by atoms with E-state index in [0.29, 0.717) is 0 Å². The summed E-state index contributed by atoms with van der Waals surface area (Å²) in [5.74, 6) is -0.144. The normalized spacial score (nSPS) is 12.2. The SMILES string of the molecule is CC(C)(C)OC[C@H](Nc1ccccc1)C(=O)Nc1ccc(-c2ccncc2)cc1. The third kappa shape index (κ3) is 6.43. The number of hydrogen-bond acceptors (Lipinski definition) is 4. The Hall–Kier alpha value is -3.18. The summed E-state index contributed by atoms with van der Waals surface area (Å²) in [6, 6.07) is 20.8. The zero-order valence-corrected chi connectivity index (χ0v) is 17.1. The van der Waals surface area contributed by atoms with E-state index >= 15 is 0 Å². The Balaban J connectivity index is 1.69. The Kier molecular flexibility index (Phi) is 6.62. The van der Waals surface area contributed by atoms with Crippen LogP contribution in [0.15, 0.2) is 79.1 Å². The first-order chi connectivity index (χ1) is 13.9. The van der Waals surface area contributed by atoms with Crippen molar-refractivity contribution in [1.29, 1.82) is 0 Å². The molecule has 2 aromatic carbocycles. The fraction of sp³-hybridized carbons (Fsp3) is 0.250. The van der Waals surface area contributed by atoms with E-state index in [2.05, 4.69) is 15.6 Å². The molecule has 5 nitrogen and oxygen atoms in total. The van der Waals surface area contributed by atoms with Crippen molar-refractivity contribution >= 4 is 17.3 Å². The number of nitrogens with zero attached hydrogens (tertiary/aromatic N) is 1. The van der Waals surface area contributed by atoms with Gasteiger partial charge < -0.3 is 15.4 Å². The van der Waals surface area contributed by atoms with Crippen LogP contribution in [0.1, 0.15) is 20.8 Å². The van der Waals surface area contributed by atoms with Gasteiger partial charge >= 0.3 is 0 Å². The fourth-order valence-electron chi connectivity index (χ4n) is 2.77. The van der Waals surface area contributed by atoms with E-state index in [4.69, 9.17) is 4.74 Å². The first-order valence-corrected chi connectivity index (χ1v) is 9.67. The molecule has 2 N–H and O–H groups in total.